The van der Waals surface area contributed by atoms with Gasteiger partial charge in [0, 0.05) is 37.7 Å². The Hall–Kier alpha value is -2.50. The molecule has 3 atom stereocenters. The van der Waals surface area contributed by atoms with Crippen LogP contribution in [0.3, 0.4) is 0 Å². The third-order valence-electron chi connectivity index (χ3n) is 6.41. The molecule has 11 nitrogen and oxygen atoms in total. The zero-order valence-electron chi connectivity index (χ0n) is 17.8. The van der Waals surface area contributed by atoms with E-state index < -0.39 is 40.5 Å². The first-order chi connectivity index (χ1) is 14.4. The van der Waals surface area contributed by atoms with Gasteiger partial charge < -0.3 is 25.6 Å². The number of carbonyl (C=O) groups excluding carboxylic acids is 1. The van der Waals surface area contributed by atoms with E-state index in [2.05, 4.69) is 4.98 Å². The second kappa shape index (κ2) is 8.56. The van der Waals surface area contributed by atoms with Gasteiger partial charge in [-0.15, -0.1) is 0 Å². The van der Waals surface area contributed by atoms with Crippen LogP contribution < -0.4 is 17.0 Å². The average Bonchev–Trinajstić information content (AvgIpc) is 2.71. The van der Waals surface area contributed by atoms with Gasteiger partial charge in [0.15, 0.2) is 0 Å². The van der Waals surface area contributed by atoms with Crippen molar-refractivity contribution < 1.29 is 24.5 Å². The predicted octanol–water partition coefficient (Wildman–Crippen LogP) is -0.889. The molecule has 31 heavy (non-hydrogen) atoms. The summed E-state index contributed by atoms with van der Waals surface area (Å²) < 4.78 is 7.41. The van der Waals surface area contributed by atoms with Crippen LogP contribution in [0.5, 0.6) is 0 Å². The van der Waals surface area contributed by atoms with Crippen LogP contribution in [-0.4, -0.2) is 73.5 Å². The number of nitrogens with zero attached hydrogens (tertiary/aromatic N) is 2. The lowest BCUT2D eigenvalue weighted by molar-refractivity contribution is -0.202. The molecule has 3 rings (SSSR count). The molecular weight excluding hydrogens is 408 g/mol. The van der Waals surface area contributed by atoms with Crippen LogP contribution in [0, 0.1) is 6.92 Å². The van der Waals surface area contributed by atoms with Gasteiger partial charge in [-0.25, -0.2) is 4.79 Å². The van der Waals surface area contributed by atoms with E-state index in [1.54, 1.807) is 18.7 Å². The van der Waals surface area contributed by atoms with E-state index in [-0.39, 0.29) is 25.4 Å². The van der Waals surface area contributed by atoms with E-state index >= 15 is 0 Å². The number of piperidine rings is 1. The fourth-order valence-electron chi connectivity index (χ4n) is 4.36. The molecule has 0 saturated carbocycles. The highest BCUT2D eigenvalue weighted by molar-refractivity contribution is 5.82. The summed E-state index contributed by atoms with van der Waals surface area (Å²) in [7, 11) is 0. The van der Waals surface area contributed by atoms with Gasteiger partial charge >= 0.3 is 11.7 Å². The van der Waals surface area contributed by atoms with E-state index in [0.717, 1.165) is 0 Å². The number of carboxylic acids is 1. The molecule has 1 aromatic rings. The van der Waals surface area contributed by atoms with Crippen molar-refractivity contribution in [3.63, 3.8) is 0 Å². The first kappa shape index (κ1) is 23.2. The molecular formula is C20H30N4O7. The number of carbonyl (C=O) groups is 2. The SMILES string of the molecule is Cc1cn([C@H]2CC3(CCN(C(=O)[C@@H](N)CCC(=O)O)CC3)OC[C@]2(C)O)c(=O)[nH]c1=O. The van der Waals surface area contributed by atoms with Gasteiger partial charge in [0.1, 0.15) is 5.60 Å². The first-order valence-corrected chi connectivity index (χ1v) is 10.4. The molecule has 2 saturated heterocycles. The van der Waals surface area contributed by atoms with Crippen molar-refractivity contribution in [2.45, 2.75) is 69.2 Å². The quantitative estimate of drug-likeness (QED) is 0.459. The van der Waals surface area contributed by atoms with Gasteiger partial charge in [0.2, 0.25) is 5.91 Å². The van der Waals surface area contributed by atoms with Gasteiger partial charge in [0.25, 0.3) is 5.56 Å². The van der Waals surface area contributed by atoms with E-state index in [1.165, 1.54) is 10.8 Å². The Morgan fingerprint density at radius 3 is 2.61 bits per heavy atom. The normalized spacial score (nSPS) is 26.6. The zero-order valence-corrected chi connectivity index (χ0v) is 17.8. The molecule has 5 N–H and O–H groups in total. The Bertz CT molecular complexity index is 959. The second-order valence-corrected chi connectivity index (χ2v) is 8.89. The molecule has 1 spiro atoms. The minimum atomic E-state index is -1.31. The number of H-pyrrole nitrogens is 1. The summed E-state index contributed by atoms with van der Waals surface area (Å²) in [6.07, 6.45) is 2.70. The number of nitrogens with two attached hydrogens (primary N) is 1. The lowest BCUT2D eigenvalue weighted by Crippen LogP contribution is -2.59. The molecule has 3 heterocycles. The number of hydrogen-bond donors (Lipinski definition) is 4. The maximum absolute atomic E-state index is 12.5. The molecule has 1 amide bonds. The summed E-state index contributed by atoms with van der Waals surface area (Å²) >= 11 is 0. The summed E-state index contributed by atoms with van der Waals surface area (Å²) in [4.78, 5) is 51.3. The molecule has 11 heteroatoms. The summed E-state index contributed by atoms with van der Waals surface area (Å²) in [5.41, 5.74) is 3.23. The number of aliphatic carboxylic acids is 1. The minimum absolute atomic E-state index is 0.00829. The molecule has 0 unspecified atom stereocenters. The van der Waals surface area contributed by atoms with E-state index in [4.69, 9.17) is 15.6 Å². The van der Waals surface area contributed by atoms with E-state index in [0.29, 0.717) is 37.9 Å². The highest BCUT2D eigenvalue weighted by Crippen LogP contribution is 2.43. The number of aromatic nitrogens is 2. The third kappa shape index (κ3) is 4.89. The summed E-state index contributed by atoms with van der Waals surface area (Å²) in [6.45, 7) is 3.96. The van der Waals surface area contributed by atoms with Crippen LogP contribution >= 0.6 is 0 Å². The molecule has 0 aliphatic carbocycles. The maximum Gasteiger partial charge on any atom is 0.328 e. The van der Waals surface area contributed by atoms with Crippen LogP contribution in [-0.2, 0) is 14.3 Å². The number of likely N-dealkylation sites (tertiary alicyclic amines) is 1. The highest BCUT2D eigenvalue weighted by atomic mass is 16.5. The van der Waals surface area contributed by atoms with Gasteiger partial charge in [-0.3, -0.25) is 23.9 Å². The molecule has 0 bridgehead atoms. The molecule has 2 fully saturated rings. The Morgan fingerprint density at radius 2 is 2.00 bits per heavy atom. The Balaban J connectivity index is 1.73. The molecule has 2 aliphatic rings. The Kier molecular flexibility index (Phi) is 6.40. The number of carboxylic acid groups (broad SMARTS) is 1. The van der Waals surface area contributed by atoms with Crippen molar-refractivity contribution in [1.29, 1.82) is 0 Å². The number of ether oxygens (including phenoxy) is 1. The Morgan fingerprint density at radius 1 is 1.35 bits per heavy atom. The number of aryl methyl sites for hydroxylation is 1. The number of aliphatic hydroxyl groups is 1. The van der Waals surface area contributed by atoms with Crippen molar-refractivity contribution in [3.05, 3.63) is 32.6 Å². The lowest BCUT2D eigenvalue weighted by Gasteiger charge is -2.51. The van der Waals surface area contributed by atoms with Gasteiger partial charge in [-0.1, -0.05) is 0 Å². The topological polar surface area (TPSA) is 168 Å². The first-order valence-electron chi connectivity index (χ1n) is 10.4. The van der Waals surface area contributed by atoms with Crippen LogP contribution in [0.4, 0.5) is 0 Å². The van der Waals surface area contributed by atoms with Gasteiger partial charge in [0.05, 0.1) is 24.3 Å². The number of rotatable bonds is 5. The summed E-state index contributed by atoms with van der Waals surface area (Å²) in [5.74, 6) is -1.29. The smallest absolute Gasteiger partial charge is 0.328 e. The van der Waals surface area contributed by atoms with Crippen LogP contribution in [0.1, 0.15) is 50.6 Å². The van der Waals surface area contributed by atoms with E-state index in [1.807, 2.05) is 0 Å². The zero-order chi connectivity index (χ0) is 23.0. The summed E-state index contributed by atoms with van der Waals surface area (Å²) in [5, 5.41) is 19.7. The highest BCUT2D eigenvalue weighted by Gasteiger charge is 2.50. The molecule has 172 valence electrons. The van der Waals surface area contributed by atoms with Crippen LogP contribution in [0.15, 0.2) is 15.8 Å². The monoisotopic (exact) mass is 438 g/mol. The fourth-order valence-corrected chi connectivity index (χ4v) is 4.36. The largest absolute Gasteiger partial charge is 0.481 e. The second-order valence-electron chi connectivity index (χ2n) is 8.89. The lowest BCUT2D eigenvalue weighted by atomic mass is 9.77. The molecule has 2 aliphatic heterocycles. The van der Waals surface area contributed by atoms with Crippen molar-refractivity contribution in [3.8, 4) is 0 Å². The van der Waals surface area contributed by atoms with Crippen molar-refractivity contribution in [2.75, 3.05) is 19.7 Å². The maximum atomic E-state index is 12.5. The standard InChI is InChI=1S/C20H30N4O7/c1-12-10-24(18(29)22-16(12)27)14-9-20(31-11-19(14,2)30)5-7-23(8-6-20)17(28)13(21)3-4-15(25)26/h10,13-14,30H,3-9,11,21H2,1-2H3,(H,25,26)(H,22,27,29)/t13-,14-,19-/m0/s1. The summed E-state index contributed by atoms with van der Waals surface area (Å²) in [6, 6.07) is -1.47. The van der Waals surface area contributed by atoms with E-state index in [9.17, 15) is 24.3 Å². The third-order valence-corrected chi connectivity index (χ3v) is 6.41. The number of nitrogens with one attached hydrogen (secondary N) is 1. The fraction of sp³-hybridized carbons (Fsp3) is 0.700. The van der Waals surface area contributed by atoms with Crippen LogP contribution in [0.2, 0.25) is 0 Å². The van der Waals surface area contributed by atoms with Crippen molar-refractivity contribution in [1.82, 2.24) is 14.5 Å². The molecule has 1 aromatic heterocycles. The number of amides is 1. The van der Waals surface area contributed by atoms with Crippen molar-refractivity contribution in [2.24, 2.45) is 5.73 Å². The molecule has 0 radical (unpaired) electrons. The van der Waals surface area contributed by atoms with Gasteiger partial charge in [-0.2, -0.15) is 0 Å². The average molecular weight is 438 g/mol. The van der Waals surface area contributed by atoms with Gasteiger partial charge in [-0.05, 0) is 33.1 Å². The van der Waals surface area contributed by atoms with Crippen LogP contribution in [0.25, 0.3) is 0 Å². The predicted molar refractivity (Wildman–Crippen MR) is 110 cm³/mol. The number of aromatic amines is 1. The Labute approximate surface area is 178 Å². The molecule has 0 aromatic carbocycles. The minimum Gasteiger partial charge on any atom is -0.481 e. The number of hydrogen-bond acceptors (Lipinski definition) is 7. The van der Waals surface area contributed by atoms with Crippen molar-refractivity contribution >= 4 is 11.9 Å².